The molecule has 6 nitrogen and oxygen atoms in total. The fraction of sp³-hybridized carbons (Fsp3) is 0.260. The largest absolute Gasteiger partial charge is 0.457 e. The first-order valence-electron chi connectivity index (χ1n) is 20.2. The number of benzene rings is 4. The average molecular weight is 750 g/mol. The van der Waals surface area contributed by atoms with Crippen molar-refractivity contribution in [3.63, 3.8) is 0 Å². The SMILES string of the molecule is CC(C)(C)C1=CB2C=CC=CN2C(C(C)(C)C)=C1N1CN(c2cccc(Oc3ccc4c5ccccc5n(-c5cc(C(C)(C)C)ccn5)c4c3)c2)c2ccccc21. The van der Waals surface area contributed by atoms with Gasteiger partial charge in [-0.2, -0.15) is 0 Å². The fourth-order valence-corrected chi connectivity index (χ4v) is 8.74. The van der Waals surface area contributed by atoms with Gasteiger partial charge in [0.1, 0.15) is 24.0 Å². The molecule has 0 N–H and O–H groups in total. The van der Waals surface area contributed by atoms with E-state index < -0.39 is 0 Å². The van der Waals surface area contributed by atoms with Crippen LogP contribution in [0.25, 0.3) is 27.6 Å². The highest BCUT2D eigenvalue weighted by atomic mass is 16.5. The van der Waals surface area contributed by atoms with Crippen LogP contribution in [0.4, 0.5) is 17.1 Å². The topological polar surface area (TPSA) is 36.8 Å². The van der Waals surface area contributed by atoms with Gasteiger partial charge in [-0.25, -0.2) is 4.98 Å². The summed E-state index contributed by atoms with van der Waals surface area (Å²) in [7, 11) is 0. The minimum absolute atomic E-state index is 0.00174. The molecule has 0 saturated carbocycles. The van der Waals surface area contributed by atoms with Gasteiger partial charge in [0.15, 0.2) is 0 Å². The number of para-hydroxylation sites is 3. The second kappa shape index (κ2) is 13.3. The summed E-state index contributed by atoms with van der Waals surface area (Å²) in [5.74, 6) is 7.24. The number of allylic oxidation sites excluding steroid dienone is 4. The van der Waals surface area contributed by atoms with E-state index in [0.29, 0.717) is 6.67 Å². The molecular formula is C50H52BN5O. The first-order chi connectivity index (χ1) is 27.2. The van der Waals surface area contributed by atoms with Crippen LogP contribution in [0, 0.1) is 10.8 Å². The molecule has 7 heteroatoms. The highest BCUT2D eigenvalue weighted by Crippen LogP contribution is 2.51. The third-order valence-electron chi connectivity index (χ3n) is 11.4. The van der Waals surface area contributed by atoms with Crippen molar-refractivity contribution in [2.45, 2.75) is 67.7 Å². The number of pyridine rings is 1. The van der Waals surface area contributed by atoms with Crippen molar-refractivity contribution in [3.8, 4) is 17.3 Å². The summed E-state index contributed by atoms with van der Waals surface area (Å²) in [4.78, 5) is 12.3. The zero-order valence-electron chi connectivity index (χ0n) is 34.7. The second-order valence-electron chi connectivity index (χ2n) is 18.7. The van der Waals surface area contributed by atoms with Crippen LogP contribution < -0.4 is 14.5 Å². The van der Waals surface area contributed by atoms with Gasteiger partial charge in [-0.1, -0.05) is 117 Å². The van der Waals surface area contributed by atoms with Crippen molar-refractivity contribution in [2.75, 3.05) is 16.5 Å². The monoisotopic (exact) mass is 749 g/mol. The Bertz CT molecular complexity index is 2680. The molecule has 0 spiro atoms. The van der Waals surface area contributed by atoms with Crippen molar-refractivity contribution in [1.82, 2.24) is 14.4 Å². The van der Waals surface area contributed by atoms with Gasteiger partial charge < -0.3 is 19.3 Å². The highest BCUT2D eigenvalue weighted by Gasteiger charge is 2.43. The quantitative estimate of drug-likeness (QED) is 0.164. The summed E-state index contributed by atoms with van der Waals surface area (Å²) in [5.41, 5.74) is 10.7. The van der Waals surface area contributed by atoms with Crippen LogP contribution in [0.2, 0.25) is 0 Å². The molecule has 286 valence electrons. The lowest BCUT2D eigenvalue weighted by atomic mass is 9.53. The third kappa shape index (κ3) is 6.43. The number of aromatic nitrogens is 2. The van der Waals surface area contributed by atoms with Crippen molar-refractivity contribution in [3.05, 3.63) is 162 Å². The average Bonchev–Trinajstić information content (AvgIpc) is 3.72. The minimum Gasteiger partial charge on any atom is -0.457 e. The zero-order valence-corrected chi connectivity index (χ0v) is 34.7. The van der Waals surface area contributed by atoms with E-state index >= 15 is 0 Å². The summed E-state index contributed by atoms with van der Waals surface area (Å²) in [6, 6.07) is 36.6. The minimum atomic E-state index is -0.109. The van der Waals surface area contributed by atoms with E-state index in [1.807, 2.05) is 6.20 Å². The van der Waals surface area contributed by atoms with E-state index in [4.69, 9.17) is 9.72 Å². The van der Waals surface area contributed by atoms with Crippen molar-refractivity contribution in [2.24, 2.45) is 10.8 Å². The van der Waals surface area contributed by atoms with Gasteiger partial charge >= 0.3 is 6.85 Å². The Kier molecular flexibility index (Phi) is 8.58. The molecule has 0 atom stereocenters. The van der Waals surface area contributed by atoms with E-state index in [0.717, 1.165) is 34.0 Å². The lowest BCUT2D eigenvalue weighted by molar-refractivity contribution is 0.401. The third-order valence-corrected chi connectivity index (χ3v) is 11.4. The van der Waals surface area contributed by atoms with Gasteiger partial charge in [0.2, 0.25) is 0 Å². The Morgan fingerprint density at radius 3 is 2.11 bits per heavy atom. The zero-order chi connectivity index (χ0) is 39.9. The molecule has 5 heterocycles. The summed E-state index contributed by atoms with van der Waals surface area (Å²) in [6.07, 6.45) is 8.50. The second-order valence-corrected chi connectivity index (χ2v) is 18.7. The van der Waals surface area contributed by atoms with Gasteiger partial charge in [0, 0.05) is 45.9 Å². The van der Waals surface area contributed by atoms with Crippen molar-refractivity contribution < 1.29 is 4.74 Å². The van der Waals surface area contributed by atoms with Gasteiger partial charge in [-0.05, 0) is 88.8 Å². The maximum absolute atomic E-state index is 6.75. The Morgan fingerprint density at radius 1 is 0.632 bits per heavy atom. The first kappa shape index (κ1) is 36.7. The maximum Gasteiger partial charge on any atom is 0.312 e. The van der Waals surface area contributed by atoms with Crippen LogP contribution in [0.1, 0.15) is 67.9 Å². The Morgan fingerprint density at radius 2 is 1.35 bits per heavy atom. The molecule has 2 aromatic heterocycles. The van der Waals surface area contributed by atoms with Crippen molar-refractivity contribution >= 4 is 45.7 Å². The Balaban J connectivity index is 1.10. The Hall–Kier alpha value is -5.95. The number of anilines is 3. The van der Waals surface area contributed by atoms with E-state index in [9.17, 15) is 0 Å². The molecule has 9 rings (SSSR count). The van der Waals surface area contributed by atoms with Crippen LogP contribution >= 0.6 is 0 Å². The summed E-state index contributed by atoms with van der Waals surface area (Å²) < 4.78 is 9.02. The predicted octanol–water partition coefficient (Wildman–Crippen LogP) is 12.9. The summed E-state index contributed by atoms with van der Waals surface area (Å²) >= 11 is 0. The number of nitrogens with zero attached hydrogens (tertiary/aromatic N) is 5. The molecule has 0 aliphatic carbocycles. The predicted molar refractivity (Wildman–Crippen MR) is 240 cm³/mol. The van der Waals surface area contributed by atoms with Crippen LogP contribution in [-0.4, -0.2) is 27.9 Å². The van der Waals surface area contributed by atoms with Crippen molar-refractivity contribution in [1.29, 1.82) is 0 Å². The molecule has 4 aromatic carbocycles. The number of ether oxygens (including phenoxy) is 1. The molecule has 0 radical (unpaired) electrons. The number of fused-ring (bicyclic) bond motifs is 5. The van der Waals surface area contributed by atoms with Gasteiger partial charge in [-0.3, -0.25) is 4.57 Å². The molecule has 3 aliphatic heterocycles. The lowest BCUT2D eigenvalue weighted by Crippen LogP contribution is -2.46. The van der Waals surface area contributed by atoms with Gasteiger partial charge in [-0.15, -0.1) is 0 Å². The molecule has 0 saturated heterocycles. The molecule has 0 fully saturated rings. The van der Waals surface area contributed by atoms with E-state index in [1.54, 1.807) is 0 Å². The van der Waals surface area contributed by atoms with Gasteiger partial charge in [0.05, 0.1) is 28.1 Å². The molecule has 0 bridgehead atoms. The van der Waals surface area contributed by atoms with Crippen LogP contribution in [0.3, 0.4) is 0 Å². The molecular weight excluding hydrogens is 697 g/mol. The highest BCUT2D eigenvalue weighted by molar-refractivity contribution is 6.68. The summed E-state index contributed by atoms with van der Waals surface area (Å²) in [5, 5.41) is 2.36. The molecule has 6 aromatic rings. The van der Waals surface area contributed by atoms with Crippen LogP contribution in [0.15, 0.2) is 157 Å². The standard InChI is InChI=1S/C50H52BN5O/c1-48(2,3)34-25-27-52-45(29-34)56-41-20-11-10-19-38(41)39-24-23-37(31-44(39)56)57-36-18-16-17-35(30-36)53-33-54(43-22-13-12-21-42(43)53)46-40(49(4,5)6)32-51-26-14-15-28-55(51)47(46)50(7,8)9/h10-32H,33H2,1-9H3. The van der Waals surface area contributed by atoms with E-state index in [2.05, 4.69) is 215 Å². The number of hydrogen-bond acceptors (Lipinski definition) is 5. The number of hydrogen-bond donors (Lipinski definition) is 0. The first-order valence-corrected chi connectivity index (χ1v) is 20.2. The Labute approximate surface area is 338 Å². The van der Waals surface area contributed by atoms with Crippen LogP contribution in [0.5, 0.6) is 11.5 Å². The molecule has 0 unspecified atom stereocenters. The molecule has 3 aliphatic rings. The smallest absolute Gasteiger partial charge is 0.312 e. The maximum atomic E-state index is 6.75. The lowest BCUT2D eigenvalue weighted by Gasteiger charge is -2.46. The van der Waals surface area contributed by atoms with Crippen LogP contribution in [-0.2, 0) is 5.41 Å². The fourth-order valence-electron chi connectivity index (χ4n) is 8.74. The molecule has 0 amide bonds. The number of rotatable bonds is 5. The van der Waals surface area contributed by atoms with E-state index in [1.165, 1.54) is 44.7 Å². The van der Waals surface area contributed by atoms with Gasteiger partial charge in [0.25, 0.3) is 0 Å². The summed E-state index contributed by atoms with van der Waals surface area (Å²) in [6.45, 7) is 21.6. The normalized spacial score (nSPS) is 15.8. The van der Waals surface area contributed by atoms with E-state index in [-0.39, 0.29) is 23.1 Å². The molecule has 57 heavy (non-hydrogen) atoms.